The van der Waals surface area contributed by atoms with Gasteiger partial charge in [0.15, 0.2) is 0 Å². The molecular weight excluding hydrogens is 278 g/mol. The van der Waals surface area contributed by atoms with Crippen LogP contribution < -0.4 is 4.90 Å². The number of fused-ring (bicyclic) bond motifs is 1. The van der Waals surface area contributed by atoms with E-state index in [1.807, 2.05) is 0 Å². The van der Waals surface area contributed by atoms with Crippen LogP contribution in [0.15, 0.2) is 48.5 Å². The summed E-state index contributed by atoms with van der Waals surface area (Å²) < 4.78 is 0. The molecule has 0 atom stereocenters. The van der Waals surface area contributed by atoms with Crippen molar-refractivity contribution in [2.45, 2.75) is 0 Å². The van der Waals surface area contributed by atoms with Gasteiger partial charge in [0.25, 0.3) is 17.1 Å². The lowest BCUT2D eigenvalue weighted by atomic mass is 10.1. The molecule has 0 N–H and O–H groups in total. The largest absolute Gasteiger partial charge is 0.276 e. The van der Waals surface area contributed by atoms with E-state index in [1.165, 1.54) is 24.3 Å². The maximum Gasteiger partial charge on any atom is 0.266 e. The van der Waals surface area contributed by atoms with Crippen LogP contribution in [0.1, 0.15) is 31.1 Å². The molecule has 1 aliphatic rings. The van der Waals surface area contributed by atoms with Gasteiger partial charge in [0.2, 0.25) is 0 Å². The Morgan fingerprint density at radius 2 is 1.35 bits per heavy atom. The Labute approximate surface area is 119 Å². The highest BCUT2D eigenvalue weighted by molar-refractivity contribution is 6.67. The SMILES string of the molecule is O=C(Cl)c1ccc(N2C(=O)c3ccccc3C2=O)cc1. The second kappa shape index (κ2) is 4.58. The molecule has 0 saturated heterocycles. The number of hydrogen-bond donors (Lipinski definition) is 0. The van der Waals surface area contributed by atoms with E-state index in [-0.39, 0.29) is 11.8 Å². The minimum atomic E-state index is -0.584. The zero-order chi connectivity index (χ0) is 14.3. The predicted molar refractivity (Wildman–Crippen MR) is 74.2 cm³/mol. The Morgan fingerprint density at radius 3 is 1.80 bits per heavy atom. The van der Waals surface area contributed by atoms with E-state index in [0.717, 1.165) is 4.90 Å². The first-order chi connectivity index (χ1) is 9.59. The second-order valence-corrected chi connectivity index (χ2v) is 4.66. The van der Waals surface area contributed by atoms with Crippen molar-refractivity contribution in [1.29, 1.82) is 0 Å². The Balaban J connectivity index is 2.02. The molecule has 1 heterocycles. The summed E-state index contributed by atoms with van der Waals surface area (Å²) >= 11 is 5.36. The average Bonchev–Trinajstić information content (AvgIpc) is 2.72. The van der Waals surface area contributed by atoms with Crippen molar-refractivity contribution in [3.63, 3.8) is 0 Å². The van der Waals surface area contributed by atoms with E-state index in [4.69, 9.17) is 11.6 Å². The number of nitrogens with zero attached hydrogens (tertiary/aromatic N) is 1. The molecule has 4 nitrogen and oxygen atoms in total. The van der Waals surface area contributed by atoms with E-state index in [1.54, 1.807) is 24.3 Å². The van der Waals surface area contributed by atoms with Gasteiger partial charge in [0.1, 0.15) is 0 Å². The Morgan fingerprint density at radius 1 is 0.850 bits per heavy atom. The Kier molecular flexibility index (Phi) is 2.88. The molecule has 2 aromatic rings. The monoisotopic (exact) mass is 285 g/mol. The third kappa shape index (κ3) is 1.82. The molecule has 0 aromatic heterocycles. The van der Waals surface area contributed by atoms with Crippen molar-refractivity contribution in [3.05, 3.63) is 65.2 Å². The van der Waals surface area contributed by atoms with Crippen LogP contribution in [0, 0.1) is 0 Å². The molecule has 0 aliphatic carbocycles. The van der Waals surface area contributed by atoms with Gasteiger partial charge in [-0.2, -0.15) is 0 Å². The van der Waals surface area contributed by atoms with Crippen LogP contribution >= 0.6 is 11.6 Å². The molecule has 0 bridgehead atoms. The second-order valence-electron chi connectivity index (χ2n) is 4.31. The third-order valence-corrected chi connectivity index (χ3v) is 3.36. The molecule has 3 rings (SSSR count). The van der Waals surface area contributed by atoms with E-state index in [0.29, 0.717) is 22.4 Å². The van der Waals surface area contributed by atoms with Gasteiger partial charge in [-0.1, -0.05) is 12.1 Å². The zero-order valence-corrected chi connectivity index (χ0v) is 10.9. The summed E-state index contributed by atoms with van der Waals surface area (Å²) in [6, 6.07) is 12.7. The maximum absolute atomic E-state index is 12.2. The first kappa shape index (κ1) is 12.6. The summed E-state index contributed by atoms with van der Waals surface area (Å²) in [6.07, 6.45) is 0. The quantitative estimate of drug-likeness (QED) is 0.630. The van der Waals surface area contributed by atoms with Crippen LogP contribution in [0.5, 0.6) is 0 Å². The van der Waals surface area contributed by atoms with Crippen LogP contribution in [-0.2, 0) is 0 Å². The van der Waals surface area contributed by atoms with Crippen LogP contribution in [0.2, 0.25) is 0 Å². The summed E-state index contributed by atoms with van der Waals surface area (Å²) in [4.78, 5) is 36.6. The normalized spacial score (nSPS) is 13.6. The van der Waals surface area contributed by atoms with Crippen molar-refractivity contribution in [3.8, 4) is 0 Å². The zero-order valence-electron chi connectivity index (χ0n) is 10.2. The van der Waals surface area contributed by atoms with E-state index >= 15 is 0 Å². The number of rotatable bonds is 2. The number of halogens is 1. The summed E-state index contributed by atoms with van der Waals surface area (Å²) in [7, 11) is 0. The first-order valence-electron chi connectivity index (χ1n) is 5.87. The predicted octanol–water partition coefficient (Wildman–Crippen LogP) is 2.87. The maximum atomic E-state index is 12.2. The summed E-state index contributed by atoms with van der Waals surface area (Å²) in [5.74, 6) is -0.730. The minimum Gasteiger partial charge on any atom is -0.276 e. The van der Waals surface area contributed by atoms with Gasteiger partial charge in [-0.05, 0) is 48.0 Å². The van der Waals surface area contributed by atoms with Gasteiger partial charge in [0, 0.05) is 5.56 Å². The molecule has 0 spiro atoms. The van der Waals surface area contributed by atoms with Crippen molar-refractivity contribution in [1.82, 2.24) is 0 Å². The standard InChI is InChI=1S/C15H8ClNO3/c16-13(18)9-5-7-10(8-6-9)17-14(19)11-3-1-2-4-12(11)15(17)20/h1-8H. The number of benzene rings is 2. The van der Waals surface area contributed by atoms with E-state index < -0.39 is 5.24 Å². The molecule has 0 radical (unpaired) electrons. The topological polar surface area (TPSA) is 54.5 Å². The summed E-state index contributed by atoms with van der Waals surface area (Å²) in [6.45, 7) is 0. The minimum absolute atomic E-state index is 0.312. The highest BCUT2D eigenvalue weighted by atomic mass is 35.5. The molecule has 0 unspecified atom stereocenters. The number of anilines is 1. The molecule has 0 fully saturated rings. The van der Waals surface area contributed by atoms with Gasteiger partial charge in [0.05, 0.1) is 16.8 Å². The van der Waals surface area contributed by atoms with Crippen molar-refractivity contribution >= 4 is 34.3 Å². The lowest BCUT2D eigenvalue weighted by molar-refractivity contribution is 0.0925. The van der Waals surface area contributed by atoms with Gasteiger partial charge in [-0.15, -0.1) is 0 Å². The van der Waals surface area contributed by atoms with Crippen LogP contribution in [-0.4, -0.2) is 17.1 Å². The number of carbonyl (C=O) groups excluding carboxylic acids is 3. The van der Waals surface area contributed by atoms with E-state index in [2.05, 4.69) is 0 Å². The molecule has 20 heavy (non-hydrogen) atoms. The summed E-state index contributed by atoms with van der Waals surface area (Å²) in [5, 5.41) is -0.584. The number of amides is 2. The smallest absolute Gasteiger partial charge is 0.266 e. The van der Waals surface area contributed by atoms with Crippen molar-refractivity contribution in [2.75, 3.05) is 4.90 Å². The lowest BCUT2D eigenvalue weighted by Gasteiger charge is -2.13. The third-order valence-electron chi connectivity index (χ3n) is 3.15. The van der Waals surface area contributed by atoms with Crippen LogP contribution in [0.25, 0.3) is 0 Å². The molecule has 2 amide bonds. The fourth-order valence-electron chi connectivity index (χ4n) is 2.17. The Bertz CT molecular complexity index is 702. The highest BCUT2D eigenvalue weighted by Gasteiger charge is 2.36. The van der Waals surface area contributed by atoms with Crippen molar-refractivity contribution in [2.24, 2.45) is 0 Å². The van der Waals surface area contributed by atoms with Crippen molar-refractivity contribution < 1.29 is 14.4 Å². The number of hydrogen-bond acceptors (Lipinski definition) is 3. The molecule has 2 aromatic carbocycles. The first-order valence-corrected chi connectivity index (χ1v) is 6.25. The lowest BCUT2D eigenvalue weighted by Crippen LogP contribution is -2.29. The van der Waals surface area contributed by atoms with Gasteiger partial charge in [-0.25, -0.2) is 4.90 Å². The van der Waals surface area contributed by atoms with Gasteiger partial charge >= 0.3 is 0 Å². The van der Waals surface area contributed by atoms with Crippen LogP contribution in [0.3, 0.4) is 0 Å². The Hall–Kier alpha value is -2.46. The fraction of sp³-hybridized carbons (Fsp3) is 0. The average molecular weight is 286 g/mol. The number of imide groups is 1. The molecule has 5 heteroatoms. The molecule has 0 saturated carbocycles. The van der Waals surface area contributed by atoms with E-state index in [9.17, 15) is 14.4 Å². The number of carbonyl (C=O) groups is 3. The van der Waals surface area contributed by atoms with Crippen LogP contribution in [0.4, 0.5) is 5.69 Å². The molecular formula is C15H8ClNO3. The fourth-order valence-corrected chi connectivity index (χ4v) is 2.29. The van der Waals surface area contributed by atoms with Gasteiger partial charge in [-0.3, -0.25) is 14.4 Å². The molecule has 1 aliphatic heterocycles. The van der Waals surface area contributed by atoms with Gasteiger partial charge < -0.3 is 0 Å². The molecule has 98 valence electrons. The summed E-state index contributed by atoms with van der Waals surface area (Å²) in [5.41, 5.74) is 1.50. The highest BCUT2D eigenvalue weighted by Crippen LogP contribution is 2.28.